The van der Waals surface area contributed by atoms with Crippen LogP contribution in [-0.2, 0) is 0 Å². The average molecular weight is 330 g/mol. The molecule has 0 unspecified atom stereocenters. The maximum Gasteiger partial charge on any atom is 0.129 e. The second-order valence-electron chi connectivity index (χ2n) is 5.89. The molecule has 2 heterocycles. The third kappa shape index (κ3) is 3.17. The van der Waals surface area contributed by atoms with Crippen LogP contribution in [0.2, 0.25) is 0 Å². The summed E-state index contributed by atoms with van der Waals surface area (Å²) in [5, 5.41) is 8.78. The molecule has 5 nitrogen and oxygen atoms in total. The Bertz CT molecular complexity index is 1000. The van der Waals surface area contributed by atoms with Gasteiger partial charge in [0.25, 0.3) is 0 Å². The summed E-state index contributed by atoms with van der Waals surface area (Å²) >= 11 is 0. The van der Waals surface area contributed by atoms with Crippen molar-refractivity contribution in [3.8, 4) is 22.9 Å². The van der Waals surface area contributed by atoms with Gasteiger partial charge in [0.2, 0.25) is 0 Å². The van der Waals surface area contributed by atoms with E-state index in [1.165, 1.54) is 0 Å². The molecule has 0 N–H and O–H groups in total. The molecule has 5 heteroatoms. The van der Waals surface area contributed by atoms with Crippen molar-refractivity contribution in [2.24, 2.45) is 0 Å². The van der Waals surface area contributed by atoms with Crippen molar-refractivity contribution in [1.29, 1.82) is 0 Å². The summed E-state index contributed by atoms with van der Waals surface area (Å²) in [6.45, 7) is 4.03. The maximum atomic E-state index is 6.04. The van der Waals surface area contributed by atoms with E-state index in [1.807, 2.05) is 79.3 Å². The molecular formula is C20H18N4O. The van der Waals surface area contributed by atoms with Crippen LogP contribution >= 0.6 is 0 Å². The minimum absolute atomic E-state index is 0.763. The Morgan fingerprint density at radius 1 is 0.840 bits per heavy atom. The highest BCUT2D eigenvalue weighted by Gasteiger charge is 2.06. The number of hydrogen-bond donors (Lipinski definition) is 0. The van der Waals surface area contributed by atoms with Crippen LogP contribution in [0.1, 0.15) is 11.4 Å². The zero-order chi connectivity index (χ0) is 17.2. The predicted octanol–water partition coefficient (Wildman–Crippen LogP) is 4.47. The normalized spacial score (nSPS) is 10.8. The van der Waals surface area contributed by atoms with Crippen molar-refractivity contribution in [2.45, 2.75) is 13.8 Å². The molecule has 2 aromatic heterocycles. The van der Waals surface area contributed by atoms with Gasteiger partial charge >= 0.3 is 0 Å². The number of nitrogens with zero attached hydrogens (tertiary/aromatic N) is 4. The van der Waals surface area contributed by atoms with Crippen molar-refractivity contribution < 1.29 is 4.74 Å². The molecule has 0 atom stereocenters. The van der Waals surface area contributed by atoms with Gasteiger partial charge in [0.05, 0.1) is 17.1 Å². The number of hydrogen-bond acceptors (Lipinski definition) is 3. The van der Waals surface area contributed by atoms with Gasteiger partial charge in [-0.15, -0.1) is 0 Å². The SMILES string of the molecule is Cc1cc(C)n(-c2cccc(Oc3cccc(-n4cccn4)c3)c2)n1. The van der Waals surface area contributed by atoms with Crippen molar-refractivity contribution in [2.75, 3.05) is 0 Å². The van der Waals surface area contributed by atoms with E-state index in [2.05, 4.69) is 16.3 Å². The maximum absolute atomic E-state index is 6.04. The Kier molecular flexibility index (Phi) is 3.82. The molecule has 4 rings (SSSR count). The Labute approximate surface area is 146 Å². The molecule has 0 radical (unpaired) electrons. The van der Waals surface area contributed by atoms with E-state index in [0.29, 0.717) is 0 Å². The topological polar surface area (TPSA) is 44.9 Å². The van der Waals surface area contributed by atoms with Crippen LogP contribution in [0.15, 0.2) is 73.1 Å². The third-order valence-corrected chi connectivity index (χ3v) is 3.89. The first kappa shape index (κ1) is 15.2. The van der Waals surface area contributed by atoms with Crippen LogP contribution in [0.4, 0.5) is 0 Å². The largest absolute Gasteiger partial charge is 0.457 e. The molecule has 25 heavy (non-hydrogen) atoms. The van der Waals surface area contributed by atoms with Crippen molar-refractivity contribution >= 4 is 0 Å². The van der Waals surface area contributed by atoms with Crippen LogP contribution in [0.25, 0.3) is 11.4 Å². The lowest BCUT2D eigenvalue weighted by Gasteiger charge is -2.10. The Morgan fingerprint density at radius 2 is 1.56 bits per heavy atom. The van der Waals surface area contributed by atoms with E-state index in [1.54, 1.807) is 10.9 Å². The molecule has 0 aliphatic carbocycles. The quantitative estimate of drug-likeness (QED) is 0.555. The highest BCUT2D eigenvalue weighted by molar-refractivity contribution is 5.44. The average Bonchev–Trinajstić information content (AvgIpc) is 3.25. The Balaban J connectivity index is 1.62. The van der Waals surface area contributed by atoms with E-state index < -0.39 is 0 Å². The first-order chi connectivity index (χ1) is 12.2. The fraction of sp³-hybridized carbons (Fsp3) is 0.100. The molecule has 0 bridgehead atoms. The molecule has 0 spiro atoms. The summed E-state index contributed by atoms with van der Waals surface area (Å²) in [6, 6.07) is 19.7. The van der Waals surface area contributed by atoms with E-state index in [-0.39, 0.29) is 0 Å². The molecular weight excluding hydrogens is 312 g/mol. The highest BCUT2D eigenvalue weighted by atomic mass is 16.5. The van der Waals surface area contributed by atoms with Crippen LogP contribution in [-0.4, -0.2) is 19.6 Å². The first-order valence-corrected chi connectivity index (χ1v) is 8.11. The summed E-state index contributed by atoms with van der Waals surface area (Å²) in [4.78, 5) is 0. The fourth-order valence-corrected chi connectivity index (χ4v) is 2.82. The second-order valence-corrected chi connectivity index (χ2v) is 5.89. The van der Waals surface area contributed by atoms with E-state index in [9.17, 15) is 0 Å². The van der Waals surface area contributed by atoms with Gasteiger partial charge in [0.1, 0.15) is 11.5 Å². The molecule has 0 amide bonds. The second kappa shape index (κ2) is 6.28. The van der Waals surface area contributed by atoms with Crippen LogP contribution in [0.3, 0.4) is 0 Å². The fourth-order valence-electron chi connectivity index (χ4n) is 2.82. The smallest absolute Gasteiger partial charge is 0.129 e. The molecule has 124 valence electrons. The molecule has 0 saturated heterocycles. The zero-order valence-corrected chi connectivity index (χ0v) is 14.1. The number of benzene rings is 2. The lowest BCUT2D eigenvalue weighted by atomic mass is 10.2. The van der Waals surface area contributed by atoms with Gasteiger partial charge in [-0.25, -0.2) is 9.36 Å². The van der Waals surface area contributed by atoms with E-state index >= 15 is 0 Å². The first-order valence-electron chi connectivity index (χ1n) is 8.11. The minimum atomic E-state index is 0.763. The molecule has 2 aromatic carbocycles. The summed E-state index contributed by atoms with van der Waals surface area (Å²) in [7, 11) is 0. The van der Waals surface area contributed by atoms with Gasteiger partial charge in [0.15, 0.2) is 0 Å². The lowest BCUT2D eigenvalue weighted by Crippen LogP contribution is -1.99. The summed E-state index contributed by atoms with van der Waals surface area (Å²) in [5.74, 6) is 1.53. The third-order valence-electron chi connectivity index (χ3n) is 3.89. The van der Waals surface area contributed by atoms with Gasteiger partial charge in [0, 0.05) is 30.2 Å². The van der Waals surface area contributed by atoms with Gasteiger partial charge < -0.3 is 4.74 Å². The van der Waals surface area contributed by atoms with Gasteiger partial charge in [-0.1, -0.05) is 12.1 Å². The van der Waals surface area contributed by atoms with Crippen molar-refractivity contribution in [3.05, 3.63) is 84.4 Å². The van der Waals surface area contributed by atoms with Gasteiger partial charge in [-0.05, 0) is 50.2 Å². The minimum Gasteiger partial charge on any atom is -0.457 e. The van der Waals surface area contributed by atoms with Crippen LogP contribution in [0.5, 0.6) is 11.5 Å². The number of aromatic nitrogens is 4. The monoisotopic (exact) mass is 330 g/mol. The molecule has 0 aliphatic heterocycles. The number of aryl methyl sites for hydroxylation is 2. The van der Waals surface area contributed by atoms with Crippen molar-refractivity contribution in [3.63, 3.8) is 0 Å². The Hall–Kier alpha value is -3.34. The summed E-state index contributed by atoms with van der Waals surface area (Å²) in [5.41, 5.74) is 4.02. The lowest BCUT2D eigenvalue weighted by molar-refractivity contribution is 0.481. The van der Waals surface area contributed by atoms with E-state index in [4.69, 9.17) is 4.74 Å². The van der Waals surface area contributed by atoms with Crippen LogP contribution in [0, 0.1) is 13.8 Å². The number of ether oxygens (including phenoxy) is 1. The van der Waals surface area contributed by atoms with Gasteiger partial charge in [-0.2, -0.15) is 10.2 Å². The van der Waals surface area contributed by atoms with Crippen LogP contribution < -0.4 is 4.74 Å². The molecule has 4 aromatic rings. The van der Waals surface area contributed by atoms with Crippen molar-refractivity contribution in [1.82, 2.24) is 19.6 Å². The summed E-state index contributed by atoms with van der Waals surface area (Å²) in [6.07, 6.45) is 3.66. The van der Waals surface area contributed by atoms with Gasteiger partial charge in [-0.3, -0.25) is 0 Å². The molecule has 0 saturated carbocycles. The predicted molar refractivity (Wildman–Crippen MR) is 96.7 cm³/mol. The molecule has 0 fully saturated rings. The molecule has 0 aliphatic rings. The van der Waals surface area contributed by atoms with E-state index in [0.717, 1.165) is 34.3 Å². The summed E-state index contributed by atoms with van der Waals surface area (Å²) < 4.78 is 9.77. The Morgan fingerprint density at radius 3 is 2.20 bits per heavy atom. The zero-order valence-electron chi connectivity index (χ0n) is 14.1. The number of rotatable bonds is 4. The standard InChI is InChI=1S/C20H18N4O/c1-15-12-16(2)24(22-15)18-7-4-9-20(14-18)25-19-8-3-6-17(13-19)23-11-5-10-21-23/h3-14H,1-2H3. The highest BCUT2D eigenvalue weighted by Crippen LogP contribution is 2.25.